The van der Waals surface area contributed by atoms with Crippen LogP contribution in [0.15, 0.2) is 41.3 Å². The molecule has 3 rings (SSSR count). The molecule has 2 aromatic rings. The van der Waals surface area contributed by atoms with Crippen molar-refractivity contribution in [2.24, 2.45) is 0 Å². The monoisotopic (exact) mass is 408 g/mol. The van der Waals surface area contributed by atoms with Crippen molar-refractivity contribution in [1.82, 2.24) is 4.31 Å². The molecule has 0 radical (unpaired) electrons. The fourth-order valence-electron chi connectivity index (χ4n) is 2.83. The van der Waals surface area contributed by atoms with E-state index in [2.05, 4.69) is 0 Å². The number of nitro benzene ring substituents is 1. The third-order valence-corrected chi connectivity index (χ3v) is 6.35. The van der Waals surface area contributed by atoms with Crippen LogP contribution in [0, 0.1) is 10.1 Å². The van der Waals surface area contributed by atoms with Gasteiger partial charge in [-0.05, 0) is 29.8 Å². The van der Waals surface area contributed by atoms with Gasteiger partial charge in [-0.1, -0.05) is 19.9 Å². The quantitative estimate of drug-likeness (QED) is 0.488. The lowest BCUT2D eigenvalue weighted by Gasteiger charge is -2.18. The van der Waals surface area contributed by atoms with Crippen LogP contribution in [-0.4, -0.2) is 37.5 Å². The summed E-state index contributed by atoms with van der Waals surface area (Å²) in [5, 5.41) is 11.5. The number of nitro groups is 1. The van der Waals surface area contributed by atoms with E-state index in [4.69, 9.17) is 14.2 Å². The smallest absolute Gasteiger partial charge is 0.312 e. The first-order valence-corrected chi connectivity index (χ1v) is 10.1. The molecule has 150 valence electrons. The lowest BCUT2D eigenvalue weighted by molar-refractivity contribution is -0.386. The van der Waals surface area contributed by atoms with Crippen LogP contribution in [0.1, 0.15) is 19.4 Å². The van der Waals surface area contributed by atoms with E-state index < -0.39 is 20.6 Å². The van der Waals surface area contributed by atoms with Gasteiger partial charge in [0.05, 0.1) is 9.82 Å². The summed E-state index contributed by atoms with van der Waals surface area (Å²) in [5.74, 6) is 1.19. The van der Waals surface area contributed by atoms with Crippen LogP contribution in [0.4, 0.5) is 5.69 Å². The highest BCUT2D eigenvalue weighted by molar-refractivity contribution is 7.89. The average Bonchev–Trinajstić information content (AvgIpc) is 3.14. The summed E-state index contributed by atoms with van der Waals surface area (Å²) in [6.45, 7) is 4.16. The average molecular weight is 408 g/mol. The standard InChI is InChI=1S/C18H20N2O7S/c1-3-19(4-2)28(23,24)14-6-8-16(15(10-14)20(21)22)25-11-13-5-7-17-18(9-13)27-12-26-17/h5-10H,3-4,11-12H2,1-2H3. The maximum Gasteiger partial charge on any atom is 0.312 e. The molecule has 2 aromatic carbocycles. The van der Waals surface area contributed by atoms with Crippen LogP contribution in [0.5, 0.6) is 17.2 Å². The summed E-state index contributed by atoms with van der Waals surface area (Å²) in [6.07, 6.45) is 0. The first-order valence-electron chi connectivity index (χ1n) is 8.66. The van der Waals surface area contributed by atoms with Gasteiger partial charge in [0.2, 0.25) is 16.8 Å². The number of sulfonamides is 1. The van der Waals surface area contributed by atoms with Gasteiger partial charge < -0.3 is 14.2 Å². The molecule has 10 heteroatoms. The predicted molar refractivity (Wildman–Crippen MR) is 100 cm³/mol. The van der Waals surface area contributed by atoms with Crippen molar-refractivity contribution in [3.05, 3.63) is 52.1 Å². The highest BCUT2D eigenvalue weighted by Crippen LogP contribution is 2.34. The predicted octanol–water partition coefficient (Wildman–Crippen LogP) is 2.93. The van der Waals surface area contributed by atoms with Crippen molar-refractivity contribution in [3.63, 3.8) is 0 Å². The Morgan fingerprint density at radius 1 is 1.11 bits per heavy atom. The Labute approximate surface area is 162 Å². The van der Waals surface area contributed by atoms with Gasteiger partial charge in [-0.3, -0.25) is 10.1 Å². The van der Waals surface area contributed by atoms with Crippen LogP contribution in [0.2, 0.25) is 0 Å². The van der Waals surface area contributed by atoms with Gasteiger partial charge in [-0.15, -0.1) is 0 Å². The molecule has 1 heterocycles. The maximum atomic E-state index is 12.6. The number of hydrogen-bond acceptors (Lipinski definition) is 7. The zero-order chi connectivity index (χ0) is 20.3. The Bertz CT molecular complexity index is 987. The number of hydrogen-bond donors (Lipinski definition) is 0. The Balaban J connectivity index is 1.84. The van der Waals surface area contributed by atoms with E-state index in [1.165, 1.54) is 16.4 Å². The Hall–Kier alpha value is -2.85. The summed E-state index contributed by atoms with van der Waals surface area (Å²) in [7, 11) is -3.81. The number of benzene rings is 2. The first kappa shape index (κ1) is 19.9. The molecule has 0 bridgehead atoms. The van der Waals surface area contributed by atoms with E-state index >= 15 is 0 Å². The van der Waals surface area contributed by atoms with Crippen molar-refractivity contribution in [3.8, 4) is 17.2 Å². The summed E-state index contributed by atoms with van der Waals surface area (Å²) >= 11 is 0. The van der Waals surface area contributed by atoms with Crippen molar-refractivity contribution < 1.29 is 27.6 Å². The van der Waals surface area contributed by atoms with E-state index in [1.807, 2.05) is 0 Å². The van der Waals surface area contributed by atoms with Crippen LogP contribution >= 0.6 is 0 Å². The van der Waals surface area contributed by atoms with Crippen molar-refractivity contribution in [2.75, 3.05) is 19.9 Å². The third-order valence-electron chi connectivity index (χ3n) is 4.30. The van der Waals surface area contributed by atoms with Crippen LogP contribution < -0.4 is 14.2 Å². The molecule has 0 saturated carbocycles. The zero-order valence-electron chi connectivity index (χ0n) is 15.5. The molecule has 1 aliphatic rings. The van der Waals surface area contributed by atoms with Gasteiger partial charge in [0.15, 0.2) is 17.2 Å². The van der Waals surface area contributed by atoms with E-state index in [1.54, 1.807) is 32.0 Å². The van der Waals surface area contributed by atoms with Crippen molar-refractivity contribution >= 4 is 15.7 Å². The lowest BCUT2D eigenvalue weighted by atomic mass is 10.2. The molecule has 0 amide bonds. The largest absolute Gasteiger partial charge is 0.482 e. The fourth-order valence-corrected chi connectivity index (χ4v) is 4.31. The molecule has 0 saturated heterocycles. The second kappa shape index (κ2) is 8.03. The van der Waals surface area contributed by atoms with Gasteiger partial charge in [0.1, 0.15) is 6.61 Å². The highest BCUT2D eigenvalue weighted by Gasteiger charge is 2.26. The third kappa shape index (κ3) is 3.87. The highest BCUT2D eigenvalue weighted by atomic mass is 32.2. The molecule has 0 unspecified atom stereocenters. The molecule has 0 spiro atoms. The number of rotatable bonds is 8. The van der Waals surface area contributed by atoms with Crippen LogP contribution in [-0.2, 0) is 16.6 Å². The Morgan fingerprint density at radius 3 is 2.50 bits per heavy atom. The fraction of sp³-hybridized carbons (Fsp3) is 0.333. The minimum atomic E-state index is -3.81. The van der Waals surface area contributed by atoms with Gasteiger partial charge in [0.25, 0.3) is 0 Å². The molecule has 9 nitrogen and oxygen atoms in total. The molecule has 1 aliphatic heterocycles. The number of ether oxygens (including phenoxy) is 3. The first-order chi connectivity index (χ1) is 13.4. The van der Waals surface area contributed by atoms with Crippen molar-refractivity contribution in [2.45, 2.75) is 25.3 Å². The molecule has 28 heavy (non-hydrogen) atoms. The molecular weight excluding hydrogens is 388 g/mol. The van der Waals surface area contributed by atoms with E-state index in [0.717, 1.165) is 11.6 Å². The van der Waals surface area contributed by atoms with Gasteiger partial charge in [0, 0.05) is 19.2 Å². The van der Waals surface area contributed by atoms with Crippen LogP contribution in [0.25, 0.3) is 0 Å². The Kier molecular flexibility index (Phi) is 5.71. The van der Waals surface area contributed by atoms with E-state index in [0.29, 0.717) is 11.5 Å². The summed E-state index contributed by atoms with van der Waals surface area (Å²) in [4.78, 5) is 10.7. The van der Waals surface area contributed by atoms with Crippen molar-refractivity contribution in [1.29, 1.82) is 0 Å². The Morgan fingerprint density at radius 2 is 1.82 bits per heavy atom. The number of nitrogens with zero attached hydrogens (tertiary/aromatic N) is 2. The molecular formula is C18H20N2O7S. The zero-order valence-corrected chi connectivity index (χ0v) is 16.3. The van der Waals surface area contributed by atoms with E-state index in [9.17, 15) is 18.5 Å². The lowest BCUT2D eigenvalue weighted by Crippen LogP contribution is -2.30. The summed E-state index contributed by atoms with van der Waals surface area (Å²) in [5.41, 5.74) is 0.326. The molecule has 0 atom stereocenters. The molecule has 0 aliphatic carbocycles. The van der Waals surface area contributed by atoms with Gasteiger partial charge in [-0.2, -0.15) is 4.31 Å². The molecule has 0 N–H and O–H groups in total. The second-order valence-corrected chi connectivity index (χ2v) is 7.89. The van der Waals surface area contributed by atoms with Gasteiger partial charge in [-0.25, -0.2) is 8.42 Å². The van der Waals surface area contributed by atoms with Crippen LogP contribution in [0.3, 0.4) is 0 Å². The number of fused-ring (bicyclic) bond motifs is 1. The molecule has 0 fully saturated rings. The maximum absolute atomic E-state index is 12.6. The topological polar surface area (TPSA) is 108 Å². The second-order valence-electron chi connectivity index (χ2n) is 5.95. The summed E-state index contributed by atoms with van der Waals surface area (Å²) < 4.78 is 42.6. The van der Waals surface area contributed by atoms with E-state index in [-0.39, 0.29) is 37.1 Å². The minimum absolute atomic E-state index is 0.0128. The van der Waals surface area contributed by atoms with Gasteiger partial charge >= 0.3 is 5.69 Å². The SMILES string of the molecule is CCN(CC)S(=O)(=O)c1ccc(OCc2ccc3c(c2)OCO3)c([N+](=O)[O-])c1. The minimum Gasteiger partial charge on any atom is -0.482 e. The normalized spacial score (nSPS) is 13.0. The summed E-state index contributed by atoms with van der Waals surface area (Å²) in [6, 6.07) is 8.88. The molecule has 0 aromatic heterocycles.